The molecule has 1 aromatic rings. The van der Waals surface area contributed by atoms with Gasteiger partial charge < -0.3 is 5.11 Å². The molecule has 1 aromatic heterocycles. The molecule has 14 heavy (non-hydrogen) atoms. The Morgan fingerprint density at radius 1 is 1.71 bits per heavy atom. The normalized spacial score (nSPS) is 16.1. The van der Waals surface area contributed by atoms with Gasteiger partial charge in [-0.15, -0.1) is 0 Å². The summed E-state index contributed by atoms with van der Waals surface area (Å²) in [7, 11) is 2.01. The lowest BCUT2D eigenvalue weighted by molar-refractivity contribution is 0.0696. The molecule has 1 heterocycles. The van der Waals surface area contributed by atoms with Crippen molar-refractivity contribution in [1.82, 2.24) is 14.3 Å². The number of hydrogen-bond acceptors (Lipinski definition) is 5. The standard InChI is InChI=1S/C8H11N3O2S/c1-11(5-2-3-5)4-6-9-7(8(12)13)14-10-6/h5H,2-4H2,1H3,(H,12,13). The molecule has 0 spiro atoms. The number of hydrogen-bond donors (Lipinski definition) is 1. The predicted octanol–water partition coefficient (Wildman–Crippen LogP) is 0.831. The number of nitrogens with zero attached hydrogens (tertiary/aromatic N) is 3. The molecule has 1 aliphatic carbocycles. The average Bonchev–Trinajstić information content (AvgIpc) is 2.87. The topological polar surface area (TPSA) is 66.3 Å². The minimum atomic E-state index is -0.997. The lowest BCUT2D eigenvalue weighted by Crippen LogP contribution is -2.20. The van der Waals surface area contributed by atoms with E-state index < -0.39 is 5.97 Å². The highest BCUT2D eigenvalue weighted by Gasteiger charge is 2.26. The van der Waals surface area contributed by atoms with Gasteiger partial charge in [0, 0.05) is 6.04 Å². The molecule has 0 amide bonds. The molecule has 2 rings (SSSR count). The van der Waals surface area contributed by atoms with Gasteiger partial charge in [0.05, 0.1) is 6.54 Å². The van der Waals surface area contributed by atoms with E-state index in [1.807, 2.05) is 7.05 Å². The Kier molecular flexibility index (Phi) is 2.47. The highest BCUT2D eigenvalue weighted by molar-refractivity contribution is 7.07. The fourth-order valence-corrected chi connectivity index (χ4v) is 1.79. The van der Waals surface area contributed by atoms with Crippen molar-refractivity contribution in [1.29, 1.82) is 0 Å². The molecule has 1 fully saturated rings. The lowest BCUT2D eigenvalue weighted by Gasteiger charge is -2.12. The Labute approximate surface area is 85.6 Å². The first-order chi connectivity index (χ1) is 6.66. The second-order valence-corrected chi connectivity index (χ2v) is 4.22. The number of carboxylic acids is 1. The van der Waals surface area contributed by atoms with Crippen LogP contribution in [-0.4, -0.2) is 38.4 Å². The van der Waals surface area contributed by atoms with Crippen molar-refractivity contribution in [3.63, 3.8) is 0 Å². The largest absolute Gasteiger partial charge is 0.476 e. The van der Waals surface area contributed by atoms with E-state index in [-0.39, 0.29) is 5.01 Å². The summed E-state index contributed by atoms with van der Waals surface area (Å²) in [5.74, 6) is -0.385. The monoisotopic (exact) mass is 213 g/mol. The molecular weight excluding hydrogens is 202 g/mol. The van der Waals surface area contributed by atoms with Crippen LogP contribution in [0.4, 0.5) is 0 Å². The average molecular weight is 213 g/mol. The summed E-state index contributed by atoms with van der Waals surface area (Å²) in [5, 5.41) is 8.72. The predicted molar refractivity (Wildman–Crippen MR) is 51.4 cm³/mol. The van der Waals surface area contributed by atoms with Crippen molar-refractivity contribution in [2.45, 2.75) is 25.4 Å². The van der Waals surface area contributed by atoms with E-state index in [4.69, 9.17) is 5.11 Å². The van der Waals surface area contributed by atoms with Crippen molar-refractivity contribution >= 4 is 17.5 Å². The molecule has 0 radical (unpaired) electrons. The molecule has 0 atom stereocenters. The fourth-order valence-electron chi connectivity index (χ4n) is 1.27. The first kappa shape index (κ1) is 9.54. The van der Waals surface area contributed by atoms with Crippen LogP contribution in [0.25, 0.3) is 0 Å². The quantitative estimate of drug-likeness (QED) is 0.802. The van der Waals surface area contributed by atoms with Gasteiger partial charge in [0.2, 0.25) is 5.01 Å². The minimum Gasteiger partial charge on any atom is -0.476 e. The van der Waals surface area contributed by atoms with Crippen molar-refractivity contribution < 1.29 is 9.90 Å². The van der Waals surface area contributed by atoms with Gasteiger partial charge in [-0.25, -0.2) is 9.78 Å². The summed E-state index contributed by atoms with van der Waals surface area (Å²) < 4.78 is 4.00. The molecule has 0 aromatic carbocycles. The summed E-state index contributed by atoms with van der Waals surface area (Å²) in [6, 6.07) is 0.645. The van der Waals surface area contributed by atoms with E-state index in [0.717, 1.165) is 11.5 Å². The van der Waals surface area contributed by atoms with E-state index in [2.05, 4.69) is 14.3 Å². The summed E-state index contributed by atoms with van der Waals surface area (Å²) >= 11 is 0.944. The Bertz CT molecular complexity index is 348. The third-order valence-electron chi connectivity index (χ3n) is 2.21. The van der Waals surface area contributed by atoms with Crippen LogP contribution in [-0.2, 0) is 6.54 Å². The fraction of sp³-hybridized carbons (Fsp3) is 0.625. The van der Waals surface area contributed by atoms with Crippen LogP contribution in [0.2, 0.25) is 0 Å². The molecule has 0 unspecified atom stereocenters. The molecular formula is C8H11N3O2S. The van der Waals surface area contributed by atoms with Gasteiger partial charge in [-0.05, 0) is 31.4 Å². The maximum absolute atomic E-state index is 10.5. The zero-order valence-corrected chi connectivity index (χ0v) is 8.62. The van der Waals surface area contributed by atoms with Crippen molar-refractivity contribution in [2.24, 2.45) is 0 Å². The molecule has 1 saturated carbocycles. The lowest BCUT2D eigenvalue weighted by atomic mass is 10.5. The molecule has 76 valence electrons. The molecule has 6 heteroatoms. The first-order valence-corrected chi connectivity index (χ1v) is 5.20. The van der Waals surface area contributed by atoms with Crippen LogP contribution in [0, 0.1) is 0 Å². The Morgan fingerprint density at radius 2 is 2.43 bits per heavy atom. The van der Waals surface area contributed by atoms with Gasteiger partial charge >= 0.3 is 5.97 Å². The number of aromatic nitrogens is 2. The van der Waals surface area contributed by atoms with Crippen LogP contribution in [0.5, 0.6) is 0 Å². The molecule has 5 nitrogen and oxygen atoms in total. The summed E-state index contributed by atoms with van der Waals surface area (Å²) in [5.41, 5.74) is 0. The van der Waals surface area contributed by atoms with Crippen LogP contribution < -0.4 is 0 Å². The second kappa shape index (κ2) is 3.62. The van der Waals surface area contributed by atoms with Gasteiger partial charge in [0.25, 0.3) is 0 Å². The second-order valence-electron chi connectivity index (χ2n) is 3.47. The number of carbonyl (C=O) groups is 1. The minimum absolute atomic E-state index is 0.0733. The number of carboxylic acid groups (broad SMARTS) is 1. The van der Waals surface area contributed by atoms with Crippen LogP contribution in [0.1, 0.15) is 28.5 Å². The molecule has 0 bridgehead atoms. The first-order valence-electron chi connectivity index (χ1n) is 4.43. The van der Waals surface area contributed by atoms with Gasteiger partial charge in [-0.2, -0.15) is 4.37 Å². The molecule has 1 N–H and O–H groups in total. The zero-order chi connectivity index (χ0) is 10.1. The van der Waals surface area contributed by atoms with Crippen molar-refractivity contribution in [3.8, 4) is 0 Å². The zero-order valence-electron chi connectivity index (χ0n) is 7.80. The molecule has 0 aliphatic heterocycles. The van der Waals surface area contributed by atoms with E-state index in [1.54, 1.807) is 0 Å². The third-order valence-corrected chi connectivity index (χ3v) is 2.95. The number of aromatic carboxylic acids is 1. The van der Waals surface area contributed by atoms with Crippen molar-refractivity contribution in [3.05, 3.63) is 10.8 Å². The van der Waals surface area contributed by atoms with Gasteiger partial charge in [-0.3, -0.25) is 4.90 Å². The van der Waals surface area contributed by atoms with Crippen LogP contribution in [0.3, 0.4) is 0 Å². The smallest absolute Gasteiger partial charge is 0.366 e. The summed E-state index contributed by atoms with van der Waals surface area (Å²) in [6.45, 7) is 0.647. The van der Waals surface area contributed by atoms with E-state index in [0.29, 0.717) is 18.4 Å². The van der Waals surface area contributed by atoms with Gasteiger partial charge in [0.1, 0.15) is 0 Å². The van der Waals surface area contributed by atoms with Crippen LogP contribution >= 0.6 is 11.5 Å². The van der Waals surface area contributed by atoms with E-state index in [1.165, 1.54) is 12.8 Å². The highest BCUT2D eigenvalue weighted by Crippen LogP contribution is 2.26. The SMILES string of the molecule is CN(Cc1nsc(C(=O)O)n1)C1CC1. The Morgan fingerprint density at radius 3 is 2.93 bits per heavy atom. The maximum atomic E-state index is 10.5. The maximum Gasteiger partial charge on any atom is 0.366 e. The van der Waals surface area contributed by atoms with Crippen LogP contribution in [0.15, 0.2) is 0 Å². The molecule has 1 aliphatic rings. The van der Waals surface area contributed by atoms with Gasteiger partial charge in [-0.1, -0.05) is 0 Å². The summed E-state index contributed by atoms with van der Waals surface area (Å²) in [4.78, 5) is 16.6. The highest BCUT2D eigenvalue weighted by atomic mass is 32.1. The third kappa shape index (κ3) is 2.08. The van der Waals surface area contributed by atoms with Crippen molar-refractivity contribution in [2.75, 3.05) is 7.05 Å². The number of rotatable bonds is 4. The Balaban J connectivity index is 1.98. The van der Waals surface area contributed by atoms with E-state index in [9.17, 15) is 4.79 Å². The van der Waals surface area contributed by atoms with Gasteiger partial charge in [0.15, 0.2) is 5.82 Å². The van der Waals surface area contributed by atoms with E-state index >= 15 is 0 Å². The summed E-state index contributed by atoms with van der Waals surface area (Å²) in [6.07, 6.45) is 2.46. The Hall–Kier alpha value is -1.01. The molecule has 0 saturated heterocycles.